The Morgan fingerprint density at radius 3 is 2.27 bits per heavy atom. The highest BCUT2D eigenvalue weighted by Gasteiger charge is 2.36. The van der Waals surface area contributed by atoms with Gasteiger partial charge >= 0.3 is 6.18 Å². The van der Waals surface area contributed by atoms with E-state index in [4.69, 9.17) is 11.6 Å². The summed E-state index contributed by atoms with van der Waals surface area (Å²) >= 11 is 5.33. The average Bonchev–Trinajstić information content (AvgIpc) is 2.06. The normalized spacial score (nSPS) is 12.3. The third-order valence-electron chi connectivity index (χ3n) is 1.65. The van der Waals surface area contributed by atoms with E-state index in [-0.39, 0.29) is 5.56 Å². The van der Waals surface area contributed by atoms with Crippen LogP contribution in [0.1, 0.15) is 23.4 Å². The zero-order valence-corrected chi connectivity index (χ0v) is 8.13. The van der Waals surface area contributed by atoms with Crippen molar-refractivity contribution >= 4 is 11.6 Å². The number of halogens is 6. The maximum Gasteiger partial charge on any atom is 0.434 e. The van der Waals surface area contributed by atoms with Crippen molar-refractivity contribution in [3.05, 3.63) is 28.0 Å². The van der Waals surface area contributed by atoms with Gasteiger partial charge in [0.2, 0.25) is 0 Å². The average molecular weight is 246 g/mol. The van der Waals surface area contributed by atoms with Gasteiger partial charge in [0.1, 0.15) is 5.69 Å². The molecule has 0 aliphatic rings. The maximum absolute atomic E-state index is 12.3. The van der Waals surface area contributed by atoms with E-state index in [1.807, 2.05) is 0 Å². The molecular formula is C8H5ClF5N. The van der Waals surface area contributed by atoms with Gasteiger partial charge < -0.3 is 0 Å². The van der Waals surface area contributed by atoms with Crippen LogP contribution in [0, 0.1) is 6.92 Å². The van der Waals surface area contributed by atoms with Crippen molar-refractivity contribution in [2.45, 2.75) is 19.5 Å². The van der Waals surface area contributed by atoms with Crippen molar-refractivity contribution < 1.29 is 22.0 Å². The van der Waals surface area contributed by atoms with E-state index in [0.717, 1.165) is 6.07 Å². The number of rotatable bonds is 1. The SMILES string of the molecule is Cc1cc(C(F)F)nc(C(F)(F)F)c1Cl. The van der Waals surface area contributed by atoms with Gasteiger partial charge in [-0.05, 0) is 18.6 Å². The second kappa shape index (κ2) is 3.92. The fourth-order valence-electron chi connectivity index (χ4n) is 0.982. The van der Waals surface area contributed by atoms with E-state index in [2.05, 4.69) is 4.98 Å². The van der Waals surface area contributed by atoms with Gasteiger partial charge in [0.25, 0.3) is 6.43 Å². The molecular weight excluding hydrogens is 241 g/mol. The monoisotopic (exact) mass is 245 g/mol. The van der Waals surface area contributed by atoms with Crippen LogP contribution >= 0.6 is 11.6 Å². The molecule has 1 aromatic rings. The summed E-state index contributed by atoms with van der Waals surface area (Å²) in [5.41, 5.74) is -2.47. The Balaban J connectivity index is 3.38. The molecule has 1 aromatic heterocycles. The minimum atomic E-state index is -4.83. The number of aromatic nitrogens is 1. The van der Waals surface area contributed by atoms with Crippen LogP contribution in [-0.4, -0.2) is 4.98 Å². The summed E-state index contributed by atoms with van der Waals surface area (Å²) in [6.45, 7) is 1.21. The predicted octanol–water partition coefficient (Wildman–Crippen LogP) is 4.00. The Bertz CT molecular complexity index is 374. The number of pyridine rings is 1. The van der Waals surface area contributed by atoms with Crippen LogP contribution in [0.3, 0.4) is 0 Å². The van der Waals surface area contributed by atoms with Crippen LogP contribution in [-0.2, 0) is 6.18 Å². The molecule has 1 nitrogen and oxygen atoms in total. The molecule has 0 unspecified atom stereocenters. The first-order chi connectivity index (χ1) is 6.73. The molecule has 0 N–H and O–H groups in total. The van der Waals surface area contributed by atoms with Gasteiger partial charge in [0, 0.05) is 0 Å². The van der Waals surface area contributed by atoms with E-state index in [1.165, 1.54) is 6.92 Å². The molecule has 0 bridgehead atoms. The molecule has 0 radical (unpaired) electrons. The summed E-state index contributed by atoms with van der Waals surface area (Å²) in [7, 11) is 0. The fraction of sp³-hybridized carbons (Fsp3) is 0.375. The summed E-state index contributed by atoms with van der Waals surface area (Å²) < 4.78 is 61.2. The Labute approximate surface area is 86.9 Å². The maximum atomic E-state index is 12.3. The third kappa shape index (κ3) is 2.56. The smallest absolute Gasteiger partial charge is 0.241 e. The third-order valence-corrected chi connectivity index (χ3v) is 2.13. The summed E-state index contributed by atoms with van der Waals surface area (Å²) in [6, 6.07) is 0.836. The second-order valence-electron chi connectivity index (χ2n) is 2.83. The van der Waals surface area contributed by atoms with Crippen LogP contribution in [0.25, 0.3) is 0 Å². The van der Waals surface area contributed by atoms with Crippen molar-refractivity contribution in [3.8, 4) is 0 Å². The molecule has 0 atom stereocenters. The van der Waals surface area contributed by atoms with Gasteiger partial charge in [0.15, 0.2) is 5.69 Å². The van der Waals surface area contributed by atoms with Gasteiger partial charge in [-0.3, -0.25) is 0 Å². The first-order valence-corrected chi connectivity index (χ1v) is 4.13. The zero-order chi connectivity index (χ0) is 11.8. The van der Waals surface area contributed by atoms with Crippen LogP contribution < -0.4 is 0 Å². The number of hydrogen-bond acceptors (Lipinski definition) is 1. The molecule has 0 spiro atoms. The fourth-order valence-corrected chi connectivity index (χ4v) is 1.19. The summed E-state index contributed by atoms with van der Waals surface area (Å²) in [4.78, 5) is 2.80. The second-order valence-corrected chi connectivity index (χ2v) is 3.20. The predicted molar refractivity (Wildman–Crippen MR) is 43.9 cm³/mol. The zero-order valence-electron chi connectivity index (χ0n) is 7.37. The lowest BCUT2D eigenvalue weighted by Crippen LogP contribution is -2.11. The van der Waals surface area contributed by atoms with Crippen molar-refractivity contribution in [1.82, 2.24) is 4.98 Å². The molecule has 84 valence electrons. The van der Waals surface area contributed by atoms with Crippen LogP contribution in [0.5, 0.6) is 0 Å². The van der Waals surface area contributed by atoms with Crippen molar-refractivity contribution in [2.24, 2.45) is 0 Å². The summed E-state index contributed by atoms with van der Waals surface area (Å²) in [5.74, 6) is 0. The minimum absolute atomic E-state index is 0.0747. The topological polar surface area (TPSA) is 12.9 Å². The Morgan fingerprint density at radius 1 is 1.33 bits per heavy atom. The number of hydrogen-bond donors (Lipinski definition) is 0. The van der Waals surface area contributed by atoms with Gasteiger partial charge in [0.05, 0.1) is 5.02 Å². The Hall–Kier alpha value is -0.910. The van der Waals surface area contributed by atoms with Gasteiger partial charge in [-0.2, -0.15) is 13.2 Å². The number of alkyl halides is 5. The van der Waals surface area contributed by atoms with E-state index in [0.29, 0.717) is 0 Å². The highest BCUT2D eigenvalue weighted by atomic mass is 35.5. The number of aryl methyl sites for hydroxylation is 1. The van der Waals surface area contributed by atoms with Crippen molar-refractivity contribution in [2.75, 3.05) is 0 Å². The van der Waals surface area contributed by atoms with E-state index in [9.17, 15) is 22.0 Å². The van der Waals surface area contributed by atoms with Crippen molar-refractivity contribution in [1.29, 1.82) is 0 Å². The molecule has 0 aliphatic heterocycles. The number of nitrogens with zero attached hydrogens (tertiary/aromatic N) is 1. The first kappa shape index (κ1) is 12.2. The summed E-state index contributed by atoms with van der Waals surface area (Å²) in [6.07, 6.45) is -7.88. The molecule has 0 fully saturated rings. The molecule has 0 saturated carbocycles. The van der Waals surface area contributed by atoms with Gasteiger partial charge in [-0.25, -0.2) is 13.8 Å². The van der Waals surface area contributed by atoms with Crippen LogP contribution in [0.2, 0.25) is 5.02 Å². The van der Waals surface area contributed by atoms with E-state index in [1.54, 1.807) is 0 Å². The Morgan fingerprint density at radius 2 is 1.87 bits per heavy atom. The first-order valence-electron chi connectivity index (χ1n) is 3.76. The quantitative estimate of drug-likeness (QED) is 0.682. The van der Waals surface area contributed by atoms with Crippen LogP contribution in [0.15, 0.2) is 6.07 Å². The molecule has 1 rings (SSSR count). The lowest BCUT2D eigenvalue weighted by molar-refractivity contribution is -0.141. The molecule has 0 saturated heterocycles. The Kier molecular flexibility index (Phi) is 3.18. The molecule has 0 aliphatic carbocycles. The molecule has 7 heteroatoms. The standard InChI is InChI=1S/C8H5ClF5N/c1-3-2-4(7(10)11)15-6(5(3)9)8(12,13)14/h2,7H,1H3. The lowest BCUT2D eigenvalue weighted by Gasteiger charge is -2.11. The molecule has 1 heterocycles. The van der Waals surface area contributed by atoms with Crippen molar-refractivity contribution in [3.63, 3.8) is 0 Å². The van der Waals surface area contributed by atoms with Gasteiger partial charge in [-0.15, -0.1) is 0 Å². The van der Waals surface area contributed by atoms with E-state index < -0.39 is 29.0 Å². The highest BCUT2D eigenvalue weighted by Crippen LogP contribution is 2.36. The molecule has 15 heavy (non-hydrogen) atoms. The van der Waals surface area contributed by atoms with Crippen LogP contribution in [0.4, 0.5) is 22.0 Å². The molecule has 0 aromatic carbocycles. The largest absolute Gasteiger partial charge is 0.434 e. The van der Waals surface area contributed by atoms with E-state index >= 15 is 0 Å². The minimum Gasteiger partial charge on any atom is -0.241 e. The summed E-state index contributed by atoms with van der Waals surface area (Å²) in [5, 5.41) is -0.646. The molecule has 0 amide bonds. The lowest BCUT2D eigenvalue weighted by atomic mass is 10.2. The highest BCUT2D eigenvalue weighted by molar-refractivity contribution is 6.32. The van der Waals surface area contributed by atoms with Gasteiger partial charge in [-0.1, -0.05) is 11.6 Å².